The SMILES string of the molecule is COc1ccc(CCC(=O)Nc2c3c(nn2C)CCC3)cc1Br. The van der Waals surface area contributed by atoms with E-state index in [-0.39, 0.29) is 5.91 Å². The van der Waals surface area contributed by atoms with Crippen LogP contribution >= 0.6 is 15.9 Å². The minimum Gasteiger partial charge on any atom is -0.496 e. The highest BCUT2D eigenvalue weighted by atomic mass is 79.9. The molecule has 1 aliphatic rings. The van der Waals surface area contributed by atoms with Gasteiger partial charge in [-0.25, -0.2) is 0 Å². The van der Waals surface area contributed by atoms with Crippen molar-refractivity contribution in [2.24, 2.45) is 7.05 Å². The molecular formula is C17H20BrN3O2. The van der Waals surface area contributed by atoms with E-state index in [1.54, 1.807) is 11.8 Å². The molecule has 2 aromatic rings. The minimum atomic E-state index is 0.0228. The lowest BCUT2D eigenvalue weighted by atomic mass is 10.1. The van der Waals surface area contributed by atoms with Gasteiger partial charge in [-0.3, -0.25) is 9.48 Å². The number of rotatable bonds is 5. The summed E-state index contributed by atoms with van der Waals surface area (Å²) in [5.41, 5.74) is 3.43. The quantitative estimate of drug-likeness (QED) is 0.869. The molecule has 0 bridgehead atoms. The zero-order valence-corrected chi connectivity index (χ0v) is 14.9. The number of aryl methyl sites for hydroxylation is 3. The van der Waals surface area contributed by atoms with Crippen molar-refractivity contribution in [3.8, 4) is 5.75 Å². The van der Waals surface area contributed by atoms with E-state index in [1.807, 2.05) is 25.2 Å². The molecule has 3 rings (SSSR count). The Kier molecular flexibility index (Phi) is 4.71. The van der Waals surface area contributed by atoms with Gasteiger partial charge in [-0.15, -0.1) is 0 Å². The van der Waals surface area contributed by atoms with Crippen molar-refractivity contribution >= 4 is 27.7 Å². The number of carbonyl (C=O) groups is 1. The lowest BCUT2D eigenvalue weighted by Crippen LogP contribution is -2.16. The number of methoxy groups -OCH3 is 1. The highest BCUT2D eigenvalue weighted by Gasteiger charge is 2.21. The minimum absolute atomic E-state index is 0.0228. The summed E-state index contributed by atoms with van der Waals surface area (Å²) in [5, 5.41) is 7.50. The molecule has 1 N–H and O–H groups in total. The second kappa shape index (κ2) is 6.74. The molecule has 1 heterocycles. The van der Waals surface area contributed by atoms with Crippen LogP contribution in [-0.4, -0.2) is 22.8 Å². The van der Waals surface area contributed by atoms with Crippen molar-refractivity contribution in [2.45, 2.75) is 32.1 Å². The summed E-state index contributed by atoms with van der Waals surface area (Å²) in [6.07, 6.45) is 4.28. The fourth-order valence-corrected chi connectivity index (χ4v) is 3.58. The fourth-order valence-electron chi connectivity index (χ4n) is 2.99. The maximum atomic E-state index is 12.3. The predicted molar refractivity (Wildman–Crippen MR) is 92.9 cm³/mol. The molecule has 122 valence electrons. The first-order chi connectivity index (χ1) is 11.1. The Hall–Kier alpha value is -1.82. The monoisotopic (exact) mass is 377 g/mol. The maximum absolute atomic E-state index is 12.3. The molecule has 5 nitrogen and oxygen atoms in total. The Morgan fingerprint density at radius 2 is 2.26 bits per heavy atom. The molecule has 1 aromatic carbocycles. The summed E-state index contributed by atoms with van der Waals surface area (Å²) in [4.78, 5) is 12.3. The number of fused-ring (bicyclic) bond motifs is 1. The van der Waals surface area contributed by atoms with Gasteiger partial charge >= 0.3 is 0 Å². The van der Waals surface area contributed by atoms with Crippen molar-refractivity contribution in [2.75, 3.05) is 12.4 Å². The van der Waals surface area contributed by atoms with E-state index in [9.17, 15) is 4.79 Å². The zero-order chi connectivity index (χ0) is 16.4. The Morgan fingerprint density at radius 3 is 3.00 bits per heavy atom. The third-order valence-electron chi connectivity index (χ3n) is 4.18. The Morgan fingerprint density at radius 1 is 1.43 bits per heavy atom. The van der Waals surface area contributed by atoms with E-state index in [1.165, 1.54) is 5.56 Å². The predicted octanol–water partition coefficient (Wildman–Crippen LogP) is 3.25. The van der Waals surface area contributed by atoms with Gasteiger partial charge in [-0.1, -0.05) is 6.07 Å². The Balaban J connectivity index is 1.61. The fraction of sp³-hybridized carbons (Fsp3) is 0.412. The van der Waals surface area contributed by atoms with Crippen LogP contribution in [0.4, 0.5) is 5.82 Å². The molecule has 0 aliphatic heterocycles. The average molecular weight is 378 g/mol. The number of hydrogen-bond donors (Lipinski definition) is 1. The normalized spacial score (nSPS) is 13.0. The second-order valence-electron chi connectivity index (χ2n) is 5.77. The highest BCUT2D eigenvalue weighted by molar-refractivity contribution is 9.10. The third kappa shape index (κ3) is 3.42. The number of anilines is 1. The molecule has 0 spiro atoms. The molecule has 0 radical (unpaired) electrons. The van der Waals surface area contributed by atoms with Crippen molar-refractivity contribution in [1.29, 1.82) is 0 Å². The van der Waals surface area contributed by atoms with Crippen LogP contribution in [0.2, 0.25) is 0 Å². The number of nitrogens with one attached hydrogen (secondary N) is 1. The number of hydrogen-bond acceptors (Lipinski definition) is 3. The van der Waals surface area contributed by atoms with Crippen LogP contribution in [-0.2, 0) is 31.1 Å². The van der Waals surface area contributed by atoms with E-state index in [4.69, 9.17) is 4.74 Å². The van der Waals surface area contributed by atoms with Gasteiger partial charge < -0.3 is 10.1 Å². The van der Waals surface area contributed by atoms with Crippen LogP contribution in [0.1, 0.15) is 29.7 Å². The summed E-state index contributed by atoms with van der Waals surface area (Å²) in [7, 11) is 3.52. The topological polar surface area (TPSA) is 56.1 Å². The maximum Gasteiger partial charge on any atom is 0.225 e. The molecule has 23 heavy (non-hydrogen) atoms. The first kappa shape index (κ1) is 16.1. The summed E-state index contributed by atoms with van der Waals surface area (Å²) >= 11 is 3.47. The Bertz CT molecular complexity index is 740. The molecular weight excluding hydrogens is 358 g/mol. The number of nitrogens with zero attached hydrogens (tertiary/aromatic N) is 2. The van der Waals surface area contributed by atoms with Crippen molar-refractivity contribution in [3.05, 3.63) is 39.5 Å². The van der Waals surface area contributed by atoms with Gasteiger partial charge in [-0.05, 0) is 59.3 Å². The number of benzene rings is 1. The standard InChI is InChI=1S/C17H20BrN3O2/c1-21-17(12-4-3-5-14(12)20-21)19-16(22)9-7-11-6-8-15(23-2)13(18)10-11/h6,8,10H,3-5,7,9H2,1-2H3,(H,19,22). The first-order valence-corrected chi connectivity index (χ1v) is 8.55. The van der Waals surface area contributed by atoms with Gasteiger partial charge in [-0.2, -0.15) is 5.10 Å². The highest BCUT2D eigenvalue weighted by Crippen LogP contribution is 2.28. The summed E-state index contributed by atoms with van der Waals surface area (Å²) in [6, 6.07) is 5.89. The van der Waals surface area contributed by atoms with Crippen LogP contribution in [0.15, 0.2) is 22.7 Å². The van der Waals surface area contributed by atoms with Gasteiger partial charge in [0.25, 0.3) is 0 Å². The van der Waals surface area contributed by atoms with Gasteiger partial charge in [0.1, 0.15) is 11.6 Å². The lowest BCUT2D eigenvalue weighted by molar-refractivity contribution is -0.116. The molecule has 6 heteroatoms. The molecule has 1 aliphatic carbocycles. The van der Waals surface area contributed by atoms with Gasteiger partial charge in [0.05, 0.1) is 17.3 Å². The zero-order valence-electron chi connectivity index (χ0n) is 13.4. The molecule has 0 fully saturated rings. The van der Waals surface area contributed by atoms with Crippen molar-refractivity contribution in [1.82, 2.24) is 9.78 Å². The first-order valence-electron chi connectivity index (χ1n) is 7.75. The number of amides is 1. The number of aromatic nitrogens is 2. The molecule has 0 saturated carbocycles. The van der Waals surface area contributed by atoms with Gasteiger partial charge in [0.2, 0.25) is 5.91 Å². The lowest BCUT2D eigenvalue weighted by Gasteiger charge is -2.09. The van der Waals surface area contributed by atoms with Crippen LogP contribution < -0.4 is 10.1 Å². The largest absolute Gasteiger partial charge is 0.496 e. The number of halogens is 1. The van der Waals surface area contributed by atoms with E-state index >= 15 is 0 Å². The van der Waals surface area contributed by atoms with Crippen LogP contribution in [0.3, 0.4) is 0 Å². The molecule has 0 unspecified atom stereocenters. The third-order valence-corrected chi connectivity index (χ3v) is 4.80. The molecule has 0 saturated heterocycles. The average Bonchev–Trinajstić information content (AvgIpc) is 3.08. The molecule has 0 atom stereocenters. The summed E-state index contributed by atoms with van der Waals surface area (Å²) in [6.45, 7) is 0. The van der Waals surface area contributed by atoms with Crippen LogP contribution in [0.25, 0.3) is 0 Å². The van der Waals surface area contributed by atoms with Crippen molar-refractivity contribution < 1.29 is 9.53 Å². The molecule has 1 amide bonds. The number of ether oxygens (including phenoxy) is 1. The summed E-state index contributed by atoms with van der Waals surface area (Å²) < 4.78 is 7.90. The number of carbonyl (C=O) groups excluding carboxylic acids is 1. The summed E-state index contributed by atoms with van der Waals surface area (Å²) in [5.74, 6) is 1.68. The molecule has 1 aromatic heterocycles. The van der Waals surface area contributed by atoms with E-state index in [2.05, 4.69) is 26.3 Å². The second-order valence-corrected chi connectivity index (χ2v) is 6.62. The van der Waals surface area contributed by atoms with Crippen molar-refractivity contribution in [3.63, 3.8) is 0 Å². The smallest absolute Gasteiger partial charge is 0.225 e. The van der Waals surface area contributed by atoms with Gasteiger partial charge in [0, 0.05) is 19.0 Å². The van der Waals surface area contributed by atoms with E-state index in [0.29, 0.717) is 12.8 Å². The van der Waals surface area contributed by atoms with E-state index in [0.717, 1.165) is 46.6 Å². The van der Waals surface area contributed by atoms with E-state index < -0.39 is 0 Å². The Labute approximate surface area is 144 Å². The van der Waals surface area contributed by atoms with Crippen LogP contribution in [0.5, 0.6) is 5.75 Å². The van der Waals surface area contributed by atoms with Crippen LogP contribution in [0, 0.1) is 0 Å². The van der Waals surface area contributed by atoms with Gasteiger partial charge in [0.15, 0.2) is 0 Å².